The number of ether oxygens (including phenoxy) is 1. The second-order valence-electron chi connectivity index (χ2n) is 4.67. The Kier molecular flexibility index (Phi) is 5.30. The number of amides is 1. The van der Waals surface area contributed by atoms with Crippen LogP contribution in [0.1, 0.15) is 10.4 Å². The van der Waals surface area contributed by atoms with Crippen molar-refractivity contribution < 1.29 is 22.3 Å². The van der Waals surface area contributed by atoms with E-state index in [9.17, 15) is 17.6 Å². The number of hydrogen-bond donors (Lipinski definition) is 2. The van der Waals surface area contributed by atoms with Crippen LogP contribution in [0.15, 0.2) is 41.3 Å². The third-order valence-electron chi connectivity index (χ3n) is 3.13. The minimum absolute atomic E-state index is 0.00970. The highest BCUT2D eigenvalue weighted by molar-refractivity contribution is 7.92. The van der Waals surface area contributed by atoms with Gasteiger partial charge < -0.3 is 10.1 Å². The van der Waals surface area contributed by atoms with Crippen LogP contribution in [0.4, 0.5) is 10.1 Å². The lowest BCUT2D eigenvalue weighted by molar-refractivity contribution is 0.0963. The third-order valence-corrected chi connectivity index (χ3v) is 4.97. The fraction of sp³-hybridized carbons (Fsp3) is 0.133. The maximum atomic E-state index is 13.3. The van der Waals surface area contributed by atoms with Gasteiger partial charge in [-0.2, -0.15) is 0 Å². The second kappa shape index (κ2) is 7.06. The molecule has 9 heteroatoms. The summed E-state index contributed by atoms with van der Waals surface area (Å²) in [6, 6.07) is 7.22. The molecule has 0 saturated carbocycles. The molecule has 2 N–H and O–H groups in total. The minimum Gasteiger partial charge on any atom is -0.497 e. The summed E-state index contributed by atoms with van der Waals surface area (Å²) in [6.07, 6.45) is 0. The van der Waals surface area contributed by atoms with Gasteiger partial charge in [0.25, 0.3) is 15.9 Å². The largest absolute Gasteiger partial charge is 0.497 e. The van der Waals surface area contributed by atoms with Crippen molar-refractivity contribution in [3.8, 4) is 5.75 Å². The van der Waals surface area contributed by atoms with Crippen LogP contribution < -0.4 is 14.8 Å². The third kappa shape index (κ3) is 3.77. The first-order valence-corrected chi connectivity index (χ1v) is 8.52. The number of sulfonamides is 1. The molecular formula is C15H14ClFN2O4S. The van der Waals surface area contributed by atoms with Crippen molar-refractivity contribution in [2.45, 2.75) is 4.90 Å². The molecule has 0 aromatic heterocycles. The van der Waals surface area contributed by atoms with Gasteiger partial charge in [-0.3, -0.25) is 9.52 Å². The average Bonchev–Trinajstić information content (AvgIpc) is 2.56. The van der Waals surface area contributed by atoms with Crippen molar-refractivity contribution in [1.29, 1.82) is 0 Å². The molecule has 0 fully saturated rings. The molecule has 0 aliphatic heterocycles. The summed E-state index contributed by atoms with van der Waals surface area (Å²) in [4.78, 5) is 11.5. The first-order chi connectivity index (χ1) is 11.3. The molecule has 0 aliphatic rings. The normalized spacial score (nSPS) is 11.0. The Balaban J connectivity index is 2.50. The monoisotopic (exact) mass is 372 g/mol. The van der Waals surface area contributed by atoms with Crippen molar-refractivity contribution >= 4 is 33.2 Å². The number of methoxy groups -OCH3 is 1. The van der Waals surface area contributed by atoms with Gasteiger partial charge in [-0.05, 0) is 36.4 Å². The van der Waals surface area contributed by atoms with Gasteiger partial charge in [0.2, 0.25) is 0 Å². The van der Waals surface area contributed by atoms with Crippen LogP contribution in [0, 0.1) is 5.82 Å². The molecule has 2 aromatic carbocycles. The number of carbonyl (C=O) groups is 1. The number of halogens is 2. The van der Waals surface area contributed by atoms with Gasteiger partial charge in [-0.15, -0.1) is 0 Å². The molecule has 0 spiro atoms. The molecule has 0 saturated heterocycles. The van der Waals surface area contributed by atoms with E-state index in [1.807, 2.05) is 0 Å². The highest BCUT2D eigenvalue weighted by Crippen LogP contribution is 2.28. The lowest BCUT2D eigenvalue weighted by Gasteiger charge is -2.14. The van der Waals surface area contributed by atoms with E-state index in [0.29, 0.717) is 5.75 Å². The van der Waals surface area contributed by atoms with Crippen molar-refractivity contribution in [2.24, 2.45) is 0 Å². The van der Waals surface area contributed by atoms with Crippen molar-refractivity contribution in [2.75, 3.05) is 18.9 Å². The Bertz CT molecular complexity index is 887. The van der Waals surface area contributed by atoms with Crippen LogP contribution in [0.3, 0.4) is 0 Å². The number of benzene rings is 2. The van der Waals surface area contributed by atoms with Crippen LogP contribution >= 0.6 is 11.6 Å². The molecule has 0 heterocycles. The summed E-state index contributed by atoms with van der Waals surface area (Å²) in [5, 5.41) is 2.26. The molecule has 2 rings (SSSR count). The smallest absolute Gasteiger partial charge is 0.263 e. The van der Waals surface area contributed by atoms with E-state index >= 15 is 0 Å². The van der Waals surface area contributed by atoms with Gasteiger partial charge in [-0.25, -0.2) is 12.8 Å². The van der Waals surface area contributed by atoms with Crippen LogP contribution in [-0.4, -0.2) is 28.5 Å². The Morgan fingerprint density at radius 1 is 1.21 bits per heavy atom. The molecule has 2 aromatic rings. The zero-order valence-corrected chi connectivity index (χ0v) is 14.3. The zero-order valence-electron chi connectivity index (χ0n) is 12.8. The van der Waals surface area contributed by atoms with E-state index in [-0.39, 0.29) is 16.3 Å². The Labute approximate surface area is 143 Å². The maximum Gasteiger partial charge on any atom is 0.263 e. The van der Waals surface area contributed by atoms with Crippen molar-refractivity contribution in [3.63, 3.8) is 0 Å². The number of nitrogens with one attached hydrogen (secondary N) is 2. The fourth-order valence-corrected chi connectivity index (χ4v) is 3.54. The summed E-state index contributed by atoms with van der Waals surface area (Å²) in [6.45, 7) is 0. The van der Waals surface area contributed by atoms with E-state index in [1.54, 1.807) is 0 Å². The molecule has 24 heavy (non-hydrogen) atoms. The van der Waals surface area contributed by atoms with Crippen molar-refractivity contribution in [1.82, 2.24) is 5.32 Å². The van der Waals surface area contributed by atoms with Gasteiger partial charge >= 0.3 is 0 Å². The Morgan fingerprint density at radius 2 is 1.92 bits per heavy atom. The van der Waals surface area contributed by atoms with E-state index in [2.05, 4.69) is 10.0 Å². The quantitative estimate of drug-likeness (QED) is 0.845. The predicted octanol–water partition coefficient (Wildman–Crippen LogP) is 2.65. The van der Waals surface area contributed by atoms with Gasteiger partial charge in [0, 0.05) is 7.05 Å². The minimum atomic E-state index is -4.19. The predicted molar refractivity (Wildman–Crippen MR) is 88.6 cm³/mol. The van der Waals surface area contributed by atoms with Gasteiger partial charge in [0.15, 0.2) is 0 Å². The van der Waals surface area contributed by atoms with Gasteiger partial charge in [0.05, 0.1) is 23.4 Å². The summed E-state index contributed by atoms with van der Waals surface area (Å²) in [5.41, 5.74) is 0.0587. The number of rotatable bonds is 5. The van der Waals surface area contributed by atoms with E-state index < -0.39 is 26.6 Å². The summed E-state index contributed by atoms with van der Waals surface area (Å²) < 4.78 is 45.5. The van der Waals surface area contributed by atoms with E-state index in [0.717, 1.165) is 18.2 Å². The zero-order chi connectivity index (χ0) is 17.9. The second-order valence-corrected chi connectivity index (χ2v) is 6.73. The molecule has 1 amide bonds. The van der Waals surface area contributed by atoms with Crippen molar-refractivity contribution in [3.05, 3.63) is 52.8 Å². The number of carbonyl (C=O) groups excluding carboxylic acids is 1. The standard InChI is InChI=1S/C15H14ClFN2O4S/c1-18-15(20)11-8-10(23-2)4-6-13(11)19-24(21,22)14-7-9(17)3-5-12(14)16/h3-8,19H,1-2H3,(H,18,20). The van der Waals surface area contributed by atoms with Gasteiger partial charge in [0.1, 0.15) is 16.5 Å². The Morgan fingerprint density at radius 3 is 2.54 bits per heavy atom. The number of hydrogen-bond acceptors (Lipinski definition) is 4. The molecule has 128 valence electrons. The molecule has 0 unspecified atom stereocenters. The highest BCUT2D eigenvalue weighted by atomic mass is 35.5. The topological polar surface area (TPSA) is 84.5 Å². The number of anilines is 1. The molecule has 6 nitrogen and oxygen atoms in total. The summed E-state index contributed by atoms with van der Waals surface area (Å²) in [7, 11) is -1.37. The molecular weight excluding hydrogens is 359 g/mol. The van der Waals surface area contributed by atoms with E-state index in [1.165, 1.54) is 32.4 Å². The van der Waals surface area contributed by atoms with Gasteiger partial charge in [-0.1, -0.05) is 11.6 Å². The van der Waals surface area contributed by atoms with Crippen LogP contribution in [0.2, 0.25) is 5.02 Å². The van der Waals surface area contributed by atoms with E-state index in [4.69, 9.17) is 16.3 Å². The van der Waals surface area contributed by atoms with Crippen LogP contribution in [0.25, 0.3) is 0 Å². The Hall–Kier alpha value is -2.32. The summed E-state index contributed by atoms with van der Waals surface area (Å²) >= 11 is 5.84. The molecule has 0 radical (unpaired) electrons. The summed E-state index contributed by atoms with van der Waals surface area (Å²) in [5.74, 6) is -0.890. The average molecular weight is 373 g/mol. The van der Waals surface area contributed by atoms with Crippen LogP contribution in [-0.2, 0) is 10.0 Å². The molecule has 0 bridgehead atoms. The SMILES string of the molecule is CNC(=O)c1cc(OC)ccc1NS(=O)(=O)c1cc(F)ccc1Cl. The first kappa shape index (κ1) is 18.0. The maximum absolute atomic E-state index is 13.3. The fourth-order valence-electron chi connectivity index (χ4n) is 1.94. The highest BCUT2D eigenvalue weighted by Gasteiger charge is 2.22. The van der Waals surface area contributed by atoms with Crippen LogP contribution in [0.5, 0.6) is 5.75 Å². The lowest BCUT2D eigenvalue weighted by atomic mass is 10.1. The lowest BCUT2D eigenvalue weighted by Crippen LogP contribution is -2.22. The first-order valence-electron chi connectivity index (χ1n) is 6.66. The molecule has 0 atom stereocenters. The molecule has 0 aliphatic carbocycles.